The highest BCUT2D eigenvalue weighted by Crippen LogP contribution is 2.33. The van der Waals surface area contributed by atoms with Crippen molar-refractivity contribution in [2.75, 3.05) is 5.32 Å². The molecule has 0 spiro atoms. The van der Waals surface area contributed by atoms with Gasteiger partial charge in [0.2, 0.25) is 5.88 Å². The Labute approximate surface area is 146 Å². The Kier molecular flexibility index (Phi) is 4.48. The summed E-state index contributed by atoms with van der Waals surface area (Å²) in [7, 11) is 0. The fourth-order valence-electron chi connectivity index (χ4n) is 2.79. The summed E-state index contributed by atoms with van der Waals surface area (Å²) in [4.78, 5) is 12.6. The molecule has 5 nitrogen and oxygen atoms in total. The fraction of sp³-hybridized carbons (Fsp3) is 0.150. The van der Waals surface area contributed by atoms with Gasteiger partial charge in [0.05, 0.1) is 6.20 Å². The predicted molar refractivity (Wildman–Crippen MR) is 97.6 cm³/mol. The van der Waals surface area contributed by atoms with Gasteiger partial charge in [0.1, 0.15) is 11.3 Å². The summed E-state index contributed by atoms with van der Waals surface area (Å²) in [6.45, 7) is 4.07. The topological polar surface area (TPSA) is 74.5 Å². The van der Waals surface area contributed by atoms with E-state index < -0.39 is 5.91 Å². The van der Waals surface area contributed by atoms with E-state index in [0.717, 1.165) is 5.56 Å². The number of benzene rings is 2. The molecule has 5 heteroatoms. The molecule has 3 N–H and O–H groups in total. The summed E-state index contributed by atoms with van der Waals surface area (Å²) in [5, 5.41) is 23.4. The van der Waals surface area contributed by atoms with Gasteiger partial charge in [0.15, 0.2) is 0 Å². The molecule has 0 radical (unpaired) electrons. The first kappa shape index (κ1) is 16.6. The lowest BCUT2D eigenvalue weighted by molar-refractivity contribution is 0.102. The van der Waals surface area contributed by atoms with Crippen molar-refractivity contribution in [3.63, 3.8) is 0 Å². The Morgan fingerprint density at radius 1 is 1.00 bits per heavy atom. The van der Waals surface area contributed by atoms with Crippen LogP contribution in [0.25, 0.3) is 5.69 Å². The van der Waals surface area contributed by atoms with Gasteiger partial charge in [-0.2, -0.15) is 0 Å². The Morgan fingerprint density at radius 3 is 2.32 bits per heavy atom. The first-order valence-electron chi connectivity index (χ1n) is 8.08. The van der Waals surface area contributed by atoms with Crippen molar-refractivity contribution in [2.24, 2.45) is 0 Å². The van der Waals surface area contributed by atoms with E-state index in [-0.39, 0.29) is 23.1 Å². The lowest BCUT2D eigenvalue weighted by atomic mass is 10.0. The number of nitrogens with one attached hydrogen (secondary N) is 1. The Balaban J connectivity index is 1.95. The van der Waals surface area contributed by atoms with Gasteiger partial charge < -0.3 is 15.5 Å². The summed E-state index contributed by atoms with van der Waals surface area (Å²) in [5.41, 5.74) is 2.14. The molecular weight excluding hydrogens is 316 g/mol. The van der Waals surface area contributed by atoms with Gasteiger partial charge in [-0.05, 0) is 29.7 Å². The summed E-state index contributed by atoms with van der Waals surface area (Å²) >= 11 is 0. The molecule has 0 fully saturated rings. The number of nitrogens with zero attached hydrogens (tertiary/aromatic N) is 1. The Morgan fingerprint density at radius 2 is 1.64 bits per heavy atom. The van der Waals surface area contributed by atoms with Crippen LogP contribution < -0.4 is 5.32 Å². The molecule has 0 aliphatic rings. The Bertz CT molecular complexity index is 899. The number of anilines is 1. The number of rotatable bonds is 4. The molecule has 3 rings (SSSR count). The van der Waals surface area contributed by atoms with Crippen LogP contribution in [0.4, 0.5) is 5.69 Å². The van der Waals surface area contributed by atoms with Crippen LogP contribution in [0.5, 0.6) is 11.6 Å². The average Bonchev–Trinajstić information content (AvgIpc) is 2.90. The highest BCUT2D eigenvalue weighted by Gasteiger charge is 2.23. The van der Waals surface area contributed by atoms with Crippen molar-refractivity contribution in [3.8, 4) is 17.3 Å². The van der Waals surface area contributed by atoms with Gasteiger partial charge in [0, 0.05) is 11.4 Å². The molecule has 2 aromatic carbocycles. The molecule has 1 aromatic heterocycles. The monoisotopic (exact) mass is 336 g/mol. The molecule has 3 aromatic rings. The number of aromatic nitrogens is 1. The number of hydrogen-bond donors (Lipinski definition) is 3. The standard InChI is InChI=1S/C20H20N2O3/c1-13(2)15-10-6-7-11-16(15)21-19(24)18-17(23)12-22(20(18)25)14-8-4-3-5-9-14/h3-13,23,25H,1-2H3,(H,21,24). The lowest BCUT2D eigenvalue weighted by Gasteiger charge is -2.13. The van der Waals surface area contributed by atoms with E-state index in [4.69, 9.17) is 0 Å². The largest absolute Gasteiger partial charge is 0.505 e. The molecule has 0 aliphatic carbocycles. The highest BCUT2D eigenvalue weighted by molar-refractivity contribution is 6.08. The van der Waals surface area contributed by atoms with Crippen LogP contribution >= 0.6 is 0 Å². The third-order valence-corrected chi connectivity index (χ3v) is 4.05. The molecule has 0 saturated heterocycles. The molecule has 1 heterocycles. The van der Waals surface area contributed by atoms with Crippen LogP contribution in [0.15, 0.2) is 60.8 Å². The highest BCUT2D eigenvalue weighted by atomic mass is 16.3. The number of carbonyl (C=O) groups is 1. The molecule has 0 aliphatic heterocycles. The minimum atomic E-state index is -0.558. The van der Waals surface area contributed by atoms with Crippen molar-refractivity contribution in [1.82, 2.24) is 4.57 Å². The molecule has 128 valence electrons. The van der Waals surface area contributed by atoms with Gasteiger partial charge in [-0.15, -0.1) is 0 Å². The number of amides is 1. The van der Waals surface area contributed by atoms with Crippen molar-refractivity contribution in [2.45, 2.75) is 19.8 Å². The number of aromatic hydroxyl groups is 2. The van der Waals surface area contributed by atoms with E-state index >= 15 is 0 Å². The second-order valence-electron chi connectivity index (χ2n) is 6.11. The minimum Gasteiger partial charge on any atom is -0.505 e. The zero-order chi connectivity index (χ0) is 18.0. The van der Waals surface area contributed by atoms with E-state index in [2.05, 4.69) is 5.32 Å². The van der Waals surface area contributed by atoms with Crippen molar-refractivity contribution >= 4 is 11.6 Å². The van der Waals surface area contributed by atoms with Crippen LogP contribution in [0.3, 0.4) is 0 Å². The maximum atomic E-state index is 12.6. The fourth-order valence-corrected chi connectivity index (χ4v) is 2.79. The molecule has 0 atom stereocenters. The van der Waals surface area contributed by atoms with Crippen LogP contribution in [0.2, 0.25) is 0 Å². The quantitative estimate of drug-likeness (QED) is 0.666. The van der Waals surface area contributed by atoms with Crippen LogP contribution in [0.1, 0.15) is 35.7 Å². The number of carbonyl (C=O) groups excluding carboxylic acids is 1. The van der Waals surface area contributed by atoms with Crippen molar-refractivity contribution in [3.05, 3.63) is 71.9 Å². The van der Waals surface area contributed by atoms with Crippen molar-refractivity contribution in [1.29, 1.82) is 0 Å². The van der Waals surface area contributed by atoms with Gasteiger partial charge in [-0.3, -0.25) is 9.36 Å². The predicted octanol–water partition coefficient (Wildman–Crippen LogP) is 4.26. The summed E-state index contributed by atoms with van der Waals surface area (Å²) in [6.07, 6.45) is 1.33. The maximum absolute atomic E-state index is 12.6. The second-order valence-corrected chi connectivity index (χ2v) is 6.11. The molecule has 1 amide bonds. The van der Waals surface area contributed by atoms with Gasteiger partial charge >= 0.3 is 0 Å². The van der Waals surface area contributed by atoms with E-state index in [1.165, 1.54) is 10.8 Å². The van der Waals surface area contributed by atoms with Gasteiger partial charge in [-0.1, -0.05) is 50.2 Å². The molecular formula is C20H20N2O3. The summed E-state index contributed by atoms with van der Waals surface area (Å²) in [5.74, 6) is -0.908. The number of hydrogen-bond acceptors (Lipinski definition) is 3. The van der Waals surface area contributed by atoms with E-state index in [0.29, 0.717) is 11.4 Å². The van der Waals surface area contributed by atoms with Gasteiger partial charge in [0.25, 0.3) is 5.91 Å². The summed E-state index contributed by atoms with van der Waals surface area (Å²) in [6, 6.07) is 16.5. The molecule has 0 saturated carbocycles. The zero-order valence-electron chi connectivity index (χ0n) is 14.1. The molecule has 0 bridgehead atoms. The van der Waals surface area contributed by atoms with Crippen LogP contribution in [-0.2, 0) is 0 Å². The van der Waals surface area contributed by atoms with Crippen LogP contribution in [-0.4, -0.2) is 20.7 Å². The molecule has 25 heavy (non-hydrogen) atoms. The normalized spacial score (nSPS) is 10.8. The second kappa shape index (κ2) is 6.73. The smallest absolute Gasteiger partial charge is 0.264 e. The Hall–Kier alpha value is -3.21. The average molecular weight is 336 g/mol. The third kappa shape index (κ3) is 3.21. The zero-order valence-corrected chi connectivity index (χ0v) is 14.1. The number of para-hydroxylation sites is 2. The first-order valence-corrected chi connectivity index (χ1v) is 8.08. The van der Waals surface area contributed by atoms with Crippen LogP contribution in [0, 0.1) is 0 Å². The van der Waals surface area contributed by atoms with E-state index in [1.807, 2.05) is 50.2 Å². The van der Waals surface area contributed by atoms with E-state index in [1.54, 1.807) is 18.2 Å². The minimum absolute atomic E-state index is 0.151. The summed E-state index contributed by atoms with van der Waals surface area (Å²) < 4.78 is 1.37. The SMILES string of the molecule is CC(C)c1ccccc1NC(=O)c1c(O)cn(-c2ccccc2)c1O. The van der Waals surface area contributed by atoms with E-state index in [9.17, 15) is 15.0 Å². The van der Waals surface area contributed by atoms with Gasteiger partial charge in [-0.25, -0.2) is 0 Å². The lowest BCUT2D eigenvalue weighted by Crippen LogP contribution is -2.13. The molecule has 0 unspecified atom stereocenters. The third-order valence-electron chi connectivity index (χ3n) is 4.05. The van der Waals surface area contributed by atoms with Crippen molar-refractivity contribution < 1.29 is 15.0 Å². The first-order chi connectivity index (χ1) is 12.0. The maximum Gasteiger partial charge on any atom is 0.264 e.